The summed E-state index contributed by atoms with van der Waals surface area (Å²) in [7, 11) is 0. The van der Waals surface area contributed by atoms with Gasteiger partial charge in [-0.1, -0.05) is 26.7 Å². The van der Waals surface area contributed by atoms with Gasteiger partial charge in [0.25, 0.3) is 0 Å². The Bertz CT molecular complexity index is 223. The number of rotatable bonds is 6. The number of carbonyl (C=O) groups excluding carboxylic acids is 1. The molecule has 4 nitrogen and oxygen atoms in total. The summed E-state index contributed by atoms with van der Waals surface area (Å²) >= 11 is 0. The van der Waals surface area contributed by atoms with Crippen LogP contribution in [-0.2, 0) is 9.53 Å². The largest absolute Gasteiger partial charge is 0.379 e. The van der Waals surface area contributed by atoms with Gasteiger partial charge in [-0.05, 0) is 18.8 Å². The maximum Gasteiger partial charge on any atom is 0.240 e. The predicted molar refractivity (Wildman–Crippen MR) is 64.1 cm³/mol. The van der Waals surface area contributed by atoms with Crippen LogP contribution in [0, 0.1) is 5.92 Å². The fourth-order valence-corrected chi connectivity index (χ4v) is 1.96. The van der Waals surface area contributed by atoms with Gasteiger partial charge in [-0.2, -0.15) is 0 Å². The monoisotopic (exact) mass is 228 g/mol. The molecule has 16 heavy (non-hydrogen) atoms. The van der Waals surface area contributed by atoms with Crippen LogP contribution in [0.25, 0.3) is 0 Å². The second kappa shape index (κ2) is 6.21. The average Bonchev–Trinajstić information content (AvgIpc) is 2.65. The topological polar surface area (TPSA) is 64.3 Å². The van der Waals surface area contributed by atoms with E-state index < -0.39 is 5.54 Å². The van der Waals surface area contributed by atoms with Crippen molar-refractivity contribution in [1.29, 1.82) is 0 Å². The number of nitrogens with two attached hydrogens (primary N) is 1. The van der Waals surface area contributed by atoms with Gasteiger partial charge in [-0.25, -0.2) is 0 Å². The van der Waals surface area contributed by atoms with E-state index in [9.17, 15) is 4.79 Å². The summed E-state index contributed by atoms with van der Waals surface area (Å²) in [6.07, 6.45) is 3.75. The number of ether oxygens (including phenoxy) is 1. The first-order chi connectivity index (χ1) is 7.54. The van der Waals surface area contributed by atoms with Crippen LogP contribution >= 0.6 is 0 Å². The predicted octanol–water partition coefficient (Wildman–Crippen LogP) is 1.05. The molecule has 0 aromatic heterocycles. The molecule has 3 N–H and O–H groups in total. The molecular weight excluding hydrogens is 204 g/mol. The van der Waals surface area contributed by atoms with E-state index in [2.05, 4.69) is 19.2 Å². The molecule has 4 heteroatoms. The van der Waals surface area contributed by atoms with Crippen LogP contribution in [-0.4, -0.2) is 31.2 Å². The van der Waals surface area contributed by atoms with Gasteiger partial charge in [-0.15, -0.1) is 0 Å². The third kappa shape index (κ3) is 4.10. The first kappa shape index (κ1) is 13.5. The number of nitrogens with one attached hydrogen (secondary N) is 1. The van der Waals surface area contributed by atoms with Crippen molar-refractivity contribution in [2.45, 2.75) is 45.1 Å². The van der Waals surface area contributed by atoms with Gasteiger partial charge < -0.3 is 15.8 Å². The van der Waals surface area contributed by atoms with Crippen LogP contribution in [0.3, 0.4) is 0 Å². The molecule has 0 saturated heterocycles. The molecule has 1 aliphatic carbocycles. The molecule has 0 spiro atoms. The maximum absolute atomic E-state index is 11.8. The first-order valence-electron chi connectivity index (χ1n) is 6.19. The molecule has 1 amide bonds. The molecule has 1 saturated carbocycles. The molecule has 0 unspecified atom stereocenters. The Hall–Kier alpha value is -0.610. The maximum atomic E-state index is 11.8. The molecule has 0 radical (unpaired) electrons. The van der Waals surface area contributed by atoms with E-state index in [4.69, 9.17) is 10.5 Å². The molecule has 0 aromatic rings. The van der Waals surface area contributed by atoms with Crippen molar-refractivity contribution in [2.24, 2.45) is 11.7 Å². The van der Waals surface area contributed by atoms with E-state index in [0.717, 1.165) is 32.3 Å². The van der Waals surface area contributed by atoms with Gasteiger partial charge in [0, 0.05) is 13.2 Å². The van der Waals surface area contributed by atoms with Crippen LogP contribution in [0.2, 0.25) is 0 Å². The lowest BCUT2D eigenvalue weighted by Gasteiger charge is -2.22. The molecule has 0 heterocycles. The van der Waals surface area contributed by atoms with Crippen LogP contribution in [0.15, 0.2) is 0 Å². The Morgan fingerprint density at radius 3 is 2.62 bits per heavy atom. The molecule has 1 fully saturated rings. The Kier molecular flexibility index (Phi) is 5.22. The fraction of sp³-hybridized carbons (Fsp3) is 0.917. The van der Waals surface area contributed by atoms with Crippen molar-refractivity contribution in [3.63, 3.8) is 0 Å². The van der Waals surface area contributed by atoms with Crippen molar-refractivity contribution < 1.29 is 9.53 Å². The summed E-state index contributed by atoms with van der Waals surface area (Å²) in [6.45, 7) is 6.08. The standard InChI is InChI=1S/C12H24N2O2/c1-10(2)9-16-8-7-14-11(15)12(13)5-3-4-6-12/h10H,3-9,13H2,1-2H3,(H,14,15). The lowest BCUT2D eigenvalue weighted by Crippen LogP contribution is -2.52. The highest BCUT2D eigenvalue weighted by atomic mass is 16.5. The Balaban J connectivity index is 2.10. The van der Waals surface area contributed by atoms with E-state index in [0.29, 0.717) is 19.1 Å². The van der Waals surface area contributed by atoms with Crippen molar-refractivity contribution >= 4 is 5.91 Å². The van der Waals surface area contributed by atoms with Gasteiger partial charge in [0.1, 0.15) is 0 Å². The highest BCUT2D eigenvalue weighted by Gasteiger charge is 2.36. The zero-order valence-corrected chi connectivity index (χ0v) is 10.4. The van der Waals surface area contributed by atoms with E-state index >= 15 is 0 Å². The molecular formula is C12H24N2O2. The van der Waals surface area contributed by atoms with E-state index in [1.165, 1.54) is 0 Å². The van der Waals surface area contributed by atoms with E-state index in [-0.39, 0.29) is 5.91 Å². The molecule has 1 rings (SSSR count). The highest BCUT2D eigenvalue weighted by Crippen LogP contribution is 2.26. The summed E-state index contributed by atoms with van der Waals surface area (Å²) in [5.74, 6) is 0.518. The number of carbonyl (C=O) groups is 1. The normalized spacial score (nSPS) is 19.0. The zero-order chi connectivity index (χ0) is 12.0. The Morgan fingerprint density at radius 2 is 2.06 bits per heavy atom. The van der Waals surface area contributed by atoms with Crippen molar-refractivity contribution in [2.75, 3.05) is 19.8 Å². The van der Waals surface area contributed by atoms with Gasteiger partial charge >= 0.3 is 0 Å². The smallest absolute Gasteiger partial charge is 0.240 e. The Labute approximate surface area is 97.9 Å². The van der Waals surface area contributed by atoms with E-state index in [1.54, 1.807) is 0 Å². The quantitative estimate of drug-likeness (QED) is 0.668. The van der Waals surface area contributed by atoms with E-state index in [1.807, 2.05) is 0 Å². The second-order valence-corrected chi connectivity index (χ2v) is 5.09. The number of amides is 1. The minimum atomic E-state index is -0.613. The second-order valence-electron chi connectivity index (χ2n) is 5.09. The van der Waals surface area contributed by atoms with Crippen molar-refractivity contribution in [1.82, 2.24) is 5.32 Å². The molecule has 1 aliphatic rings. The fourth-order valence-electron chi connectivity index (χ4n) is 1.96. The van der Waals surface area contributed by atoms with Crippen LogP contribution in [0.4, 0.5) is 0 Å². The number of hydrogen-bond acceptors (Lipinski definition) is 3. The molecule has 0 atom stereocenters. The van der Waals surface area contributed by atoms with Crippen molar-refractivity contribution in [3.05, 3.63) is 0 Å². The van der Waals surface area contributed by atoms with Gasteiger partial charge in [0.05, 0.1) is 12.1 Å². The lowest BCUT2D eigenvalue weighted by molar-refractivity contribution is -0.126. The van der Waals surface area contributed by atoms with Crippen molar-refractivity contribution in [3.8, 4) is 0 Å². The molecule has 0 aliphatic heterocycles. The van der Waals surface area contributed by atoms with Gasteiger partial charge in [0.15, 0.2) is 0 Å². The highest BCUT2D eigenvalue weighted by molar-refractivity contribution is 5.86. The Morgan fingerprint density at radius 1 is 1.44 bits per heavy atom. The summed E-state index contributed by atoms with van der Waals surface area (Å²) in [5, 5.41) is 2.85. The summed E-state index contributed by atoms with van der Waals surface area (Å²) in [4.78, 5) is 11.8. The SMILES string of the molecule is CC(C)COCCNC(=O)C1(N)CCCC1. The first-order valence-corrected chi connectivity index (χ1v) is 6.19. The minimum Gasteiger partial charge on any atom is -0.379 e. The third-order valence-electron chi connectivity index (χ3n) is 2.93. The summed E-state index contributed by atoms with van der Waals surface area (Å²) < 4.78 is 5.39. The minimum absolute atomic E-state index is 0.0156. The molecule has 0 bridgehead atoms. The average molecular weight is 228 g/mol. The van der Waals surface area contributed by atoms with Gasteiger partial charge in [-0.3, -0.25) is 4.79 Å². The van der Waals surface area contributed by atoms with Crippen LogP contribution in [0.1, 0.15) is 39.5 Å². The van der Waals surface area contributed by atoms with Crippen LogP contribution < -0.4 is 11.1 Å². The van der Waals surface area contributed by atoms with Crippen LogP contribution in [0.5, 0.6) is 0 Å². The zero-order valence-electron chi connectivity index (χ0n) is 10.4. The third-order valence-corrected chi connectivity index (χ3v) is 2.93. The molecule has 0 aromatic carbocycles. The molecule has 94 valence electrons. The summed E-state index contributed by atoms with van der Waals surface area (Å²) in [5.41, 5.74) is 5.40. The summed E-state index contributed by atoms with van der Waals surface area (Å²) in [6, 6.07) is 0. The number of hydrogen-bond donors (Lipinski definition) is 2. The lowest BCUT2D eigenvalue weighted by atomic mass is 9.98. The van der Waals surface area contributed by atoms with Gasteiger partial charge in [0.2, 0.25) is 5.91 Å².